The molecule has 0 radical (unpaired) electrons. The number of benzene rings is 1. The van der Waals surface area contributed by atoms with Gasteiger partial charge in [0.1, 0.15) is 5.82 Å². The van der Waals surface area contributed by atoms with Crippen LogP contribution in [-0.2, 0) is 6.42 Å². The molecule has 1 atom stereocenters. The van der Waals surface area contributed by atoms with E-state index in [1.807, 2.05) is 13.8 Å². The second-order valence-corrected chi connectivity index (χ2v) is 4.83. The lowest BCUT2D eigenvalue weighted by atomic mass is 9.86. The summed E-state index contributed by atoms with van der Waals surface area (Å²) in [6, 6.07) is 4.21. The number of aliphatic hydroxyl groups is 1. The summed E-state index contributed by atoms with van der Waals surface area (Å²) in [6.45, 7) is 5.58. The molecule has 1 aromatic carbocycles. The Morgan fingerprint density at radius 2 is 2.07 bits per heavy atom. The zero-order chi connectivity index (χ0) is 11.6. The Hall–Kier alpha value is -0.600. The molecule has 1 nitrogen and oxygen atoms in total. The monoisotopic (exact) mass is 230 g/mol. The van der Waals surface area contributed by atoms with E-state index in [-0.39, 0.29) is 11.7 Å². The van der Waals surface area contributed by atoms with Gasteiger partial charge >= 0.3 is 0 Å². The molecule has 1 unspecified atom stereocenters. The van der Waals surface area contributed by atoms with E-state index in [2.05, 4.69) is 0 Å². The van der Waals surface area contributed by atoms with Crippen molar-refractivity contribution in [3.05, 3.63) is 34.6 Å². The number of rotatable bonds is 3. The first-order chi connectivity index (χ1) is 6.83. The average Bonchev–Trinajstić information content (AvgIpc) is 2.10. The molecular weight excluding hydrogens is 215 g/mol. The van der Waals surface area contributed by atoms with Crippen molar-refractivity contribution in [3.63, 3.8) is 0 Å². The smallest absolute Gasteiger partial charge is 0.123 e. The van der Waals surface area contributed by atoms with Crippen molar-refractivity contribution in [3.8, 4) is 0 Å². The zero-order valence-electron chi connectivity index (χ0n) is 9.22. The van der Waals surface area contributed by atoms with E-state index in [0.29, 0.717) is 17.0 Å². The summed E-state index contributed by atoms with van der Waals surface area (Å²) in [5.41, 5.74) is -0.215. The minimum Gasteiger partial charge on any atom is -0.390 e. The van der Waals surface area contributed by atoms with E-state index in [1.165, 1.54) is 18.2 Å². The van der Waals surface area contributed by atoms with E-state index in [0.717, 1.165) is 0 Å². The van der Waals surface area contributed by atoms with Gasteiger partial charge in [0.15, 0.2) is 0 Å². The summed E-state index contributed by atoms with van der Waals surface area (Å²) in [5.74, 6) is -0.231. The van der Waals surface area contributed by atoms with Crippen LogP contribution in [0.25, 0.3) is 0 Å². The second kappa shape index (κ2) is 4.50. The molecule has 15 heavy (non-hydrogen) atoms. The van der Waals surface area contributed by atoms with Crippen LogP contribution in [0.2, 0.25) is 5.02 Å². The minimum absolute atomic E-state index is 0.0943. The summed E-state index contributed by atoms with van der Waals surface area (Å²) in [4.78, 5) is 0. The summed E-state index contributed by atoms with van der Waals surface area (Å²) in [7, 11) is 0. The standard InChI is InChI=1S/C12H16ClFO/c1-8(2)12(3,15)7-9-6-10(14)4-5-11(9)13/h4-6,8,15H,7H2,1-3H3. The highest BCUT2D eigenvalue weighted by Crippen LogP contribution is 2.26. The van der Waals surface area contributed by atoms with Crippen LogP contribution in [0.1, 0.15) is 26.3 Å². The molecule has 0 spiro atoms. The lowest BCUT2D eigenvalue weighted by Gasteiger charge is -2.28. The summed E-state index contributed by atoms with van der Waals surface area (Å²) >= 11 is 5.93. The average molecular weight is 231 g/mol. The quantitative estimate of drug-likeness (QED) is 0.844. The molecule has 0 aliphatic rings. The van der Waals surface area contributed by atoms with Crippen molar-refractivity contribution in [2.75, 3.05) is 0 Å². The lowest BCUT2D eigenvalue weighted by Crippen LogP contribution is -2.33. The van der Waals surface area contributed by atoms with E-state index in [4.69, 9.17) is 11.6 Å². The SMILES string of the molecule is CC(C)C(C)(O)Cc1cc(F)ccc1Cl. The molecule has 0 aliphatic heterocycles. The molecular formula is C12H16ClFO. The predicted octanol–water partition coefficient (Wildman–Crippen LogP) is 3.43. The van der Waals surface area contributed by atoms with E-state index >= 15 is 0 Å². The molecule has 0 amide bonds. The molecule has 1 N–H and O–H groups in total. The summed E-state index contributed by atoms with van der Waals surface area (Å²) in [5, 5.41) is 10.6. The topological polar surface area (TPSA) is 20.2 Å². The first kappa shape index (κ1) is 12.5. The van der Waals surface area contributed by atoms with Gasteiger partial charge in [-0.2, -0.15) is 0 Å². The van der Waals surface area contributed by atoms with Crippen molar-refractivity contribution >= 4 is 11.6 Å². The number of hydrogen-bond donors (Lipinski definition) is 1. The van der Waals surface area contributed by atoms with Crippen LogP contribution in [0.15, 0.2) is 18.2 Å². The maximum absolute atomic E-state index is 13.0. The van der Waals surface area contributed by atoms with Crippen molar-refractivity contribution in [1.82, 2.24) is 0 Å². The normalized spacial score (nSPS) is 15.4. The van der Waals surface area contributed by atoms with Crippen LogP contribution in [0, 0.1) is 11.7 Å². The highest BCUT2D eigenvalue weighted by Gasteiger charge is 2.26. The number of hydrogen-bond acceptors (Lipinski definition) is 1. The fourth-order valence-corrected chi connectivity index (χ4v) is 1.45. The van der Waals surface area contributed by atoms with Gasteiger partial charge in [0.25, 0.3) is 0 Å². The van der Waals surface area contributed by atoms with Gasteiger partial charge in [0.2, 0.25) is 0 Å². The lowest BCUT2D eigenvalue weighted by molar-refractivity contribution is 0.0139. The molecule has 0 fully saturated rings. The van der Waals surface area contributed by atoms with Crippen molar-refractivity contribution in [2.24, 2.45) is 5.92 Å². The minimum atomic E-state index is -0.864. The van der Waals surface area contributed by atoms with Crippen molar-refractivity contribution in [1.29, 1.82) is 0 Å². The first-order valence-corrected chi connectivity index (χ1v) is 5.37. The predicted molar refractivity (Wildman–Crippen MR) is 60.6 cm³/mol. The van der Waals surface area contributed by atoms with Crippen LogP contribution in [0.5, 0.6) is 0 Å². The Labute approximate surface area is 94.9 Å². The van der Waals surface area contributed by atoms with Gasteiger partial charge in [-0.25, -0.2) is 4.39 Å². The van der Waals surface area contributed by atoms with E-state index < -0.39 is 5.60 Å². The van der Waals surface area contributed by atoms with Gasteiger partial charge < -0.3 is 5.11 Å². The maximum atomic E-state index is 13.0. The Morgan fingerprint density at radius 1 is 1.47 bits per heavy atom. The zero-order valence-corrected chi connectivity index (χ0v) is 9.98. The third-order valence-electron chi connectivity index (χ3n) is 2.80. The summed E-state index contributed by atoms with van der Waals surface area (Å²) < 4.78 is 13.0. The summed E-state index contributed by atoms with van der Waals surface area (Å²) in [6.07, 6.45) is 0.362. The molecule has 0 saturated carbocycles. The Kier molecular flexibility index (Phi) is 3.74. The van der Waals surface area contributed by atoms with Gasteiger partial charge in [0.05, 0.1) is 5.60 Å². The van der Waals surface area contributed by atoms with Gasteiger partial charge in [0, 0.05) is 11.4 Å². The first-order valence-electron chi connectivity index (χ1n) is 4.99. The van der Waals surface area contributed by atoms with Crippen LogP contribution in [0.4, 0.5) is 4.39 Å². The fraction of sp³-hybridized carbons (Fsp3) is 0.500. The van der Waals surface area contributed by atoms with E-state index in [9.17, 15) is 9.50 Å². The van der Waals surface area contributed by atoms with Gasteiger partial charge in [-0.1, -0.05) is 25.4 Å². The second-order valence-electron chi connectivity index (χ2n) is 4.42. The van der Waals surface area contributed by atoms with Gasteiger partial charge in [-0.15, -0.1) is 0 Å². The van der Waals surface area contributed by atoms with Crippen molar-refractivity contribution < 1.29 is 9.50 Å². The largest absolute Gasteiger partial charge is 0.390 e. The van der Waals surface area contributed by atoms with Crippen LogP contribution in [0.3, 0.4) is 0 Å². The molecule has 0 aromatic heterocycles. The maximum Gasteiger partial charge on any atom is 0.123 e. The fourth-order valence-electron chi connectivity index (χ4n) is 1.27. The van der Waals surface area contributed by atoms with E-state index in [1.54, 1.807) is 6.92 Å². The third-order valence-corrected chi connectivity index (χ3v) is 3.17. The molecule has 0 aliphatic carbocycles. The van der Waals surface area contributed by atoms with Gasteiger partial charge in [-0.3, -0.25) is 0 Å². The molecule has 0 saturated heterocycles. The molecule has 0 bridgehead atoms. The van der Waals surface area contributed by atoms with Crippen LogP contribution < -0.4 is 0 Å². The van der Waals surface area contributed by atoms with Crippen molar-refractivity contribution in [2.45, 2.75) is 32.8 Å². The Morgan fingerprint density at radius 3 is 2.60 bits per heavy atom. The Balaban J connectivity index is 2.94. The highest BCUT2D eigenvalue weighted by atomic mass is 35.5. The highest BCUT2D eigenvalue weighted by molar-refractivity contribution is 6.31. The Bertz CT molecular complexity index is 347. The van der Waals surface area contributed by atoms with Crippen LogP contribution >= 0.6 is 11.6 Å². The molecule has 0 heterocycles. The number of halogens is 2. The molecule has 3 heteroatoms. The van der Waals surface area contributed by atoms with Gasteiger partial charge in [-0.05, 0) is 36.6 Å². The molecule has 84 valence electrons. The van der Waals surface area contributed by atoms with Crippen LogP contribution in [-0.4, -0.2) is 10.7 Å². The molecule has 1 rings (SSSR count). The third kappa shape index (κ3) is 3.18. The molecule has 1 aromatic rings.